The van der Waals surface area contributed by atoms with Gasteiger partial charge in [0.1, 0.15) is 0 Å². The summed E-state index contributed by atoms with van der Waals surface area (Å²) in [6.45, 7) is 0. The van der Waals surface area contributed by atoms with Gasteiger partial charge in [-0.1, -0.05) is 52.9 Å². The van der Waals surface area contributed by atoms with Gasteiger partial charge in [0.25, 0.3) is 0 Å². The van der Waals surface area contributed by atoms with E-state index in [0.717, 1.165) is 0 Å². The first-order chi connectivity index (χ1) is 8.72. The molecule has 18 heavy (non-hydrogen) atoms. The van der Waals surface area contributed by atoms with Crippen LogP contribution < -0.4 is 5.32 Å². The predicted molar refractivity (Wildman–Crippen MR) is 81.7 cm³/mol. The van der Waals surface area contributed by atoms with E-state index < -0.39 is 0 Å². The molecule has 0 bridgehead atoms. The van der Waals surface area contributed by atoms with Gasteiger partial charge in [0.05, 0.1) is 15.0 Å². The number of carbonyl (C=O) groups is 2. The number of alkyl halides is 1. The van der Waals surface area contributed by atoms with E-state index in [9.17, 15) is 9.59 Å². The number of benzene rings is 1. The van der Waals surface area contributed by atoms with Crippen LogP contribution in [-0.4, -0.2) is 16.1 Å². The van der Waals surface area contributed by atoms with Crippen LogP contribution in [0.5, 0.6) is 0 Å². The standard InChI is InChI=1S/C13H10INO2S/c14-8-11(16)15-10-6-7-18-13(10)12(17)9-4-2-1-3-5-9/h1-7H,8H2,(H,15,16). The molecule has 0 spiro atoms. The average molecular weight is 371 g/mol. The minimum Gasteiger partial charge on any atom is -0.324 e. The molecule has 5 heteroatoms. The first-order valence-corrected chi connectivity index (χ1v) is 7.66. The third-order valence-electron chi connectivity index (χ3n) is 2.30. The van der Waals surface area contributed by atoms with E-state index >= 15 is 0 Å². The molecule has 0 aliphatic rings. The zero-order valence-corrected chi connectivity index (χ0v) is 12.3. The Morgan fingerprint density at radius 3 is 2.56 bits per heavy atom. The monoisotopic (exact) mass is 371 g/mol. The number of nitrogens with one attached hydrogen (secondary N) is 1. The zero-order valence-electron chi connectivity index (χ0n) is 9.35. The van der Waals surface area contributed by atoms with Crippen molar-refractivity contribution in [3.05, 3.63) is 52.2 Å². The summed E-state index contributed by atoms with van der Waals surface area (Å²) in [5, 5.41) is 4.54. The van der Waals surface area contributed by atoms with Crippen LogP contribution >= 0.6 is 33.9 Å². The molecule has 0 fully saturated rings. The van der Waals surface area contributed by atoms with E-state index in [0.29, 0.717) is 20.6 Å². The van der Waals surface area contributed by atoms with Crippen LogP contribution in [0.2, 0.25) is 0 Å². The molecule has 0 radical (unpaired) electrons. The fraction of sp³-hybridized carbons (Fsp3) is 0.0769. The lowest BCUT2D eigenvalue weighted by Gasteiger charge is -2.04. The highest BCUT2D eigenvalue weighted by atomic mass is 127. The lowest BCUT2D eigenvalue weighted by Crippen LogP contribution is -2.14. The third kappa shape index (κ3) is 2.97. The molecule has 1 N–H and O–H groups in total. The molecule has 0 atom stereocenters. The molecule has 0 saturated heterocycles. The first-order valence-electron chi connectivity index (χ1n) is 5.25. The molecular weight excluding hydrogens is 361 g/mol. The number of hydrogen-bond donors (Lipinski definition) is 1. The van der Waals surface area contributed by atoms with Gasteiger partial charge in [-0.25, -0.2) is 0 Å². The molecule has 0 unspecified atom stereocenters. The molecule has 1 amide bonds. The van der Waals surface area contributed by atoms with Crippen molar-refractivity contribution in [1.82, 2.24) is 0 Å². The van der Waals surface area contributed by atoms with Crippen molar-refractivity contribution in [2.75, 3.05) is 9.74 Å². The van der Waals surface area contributed by atoms with Gasteiger partial charge in [0.15, 0.2) is 0 Å². The number of hydrogen-bond acceptors (Lipinski definition) is 3. The Morgan fingerprint density at radius 1 is 1.17 bits per heavy atom. The quantitative estimate of drug-likeness (QED) is 0.509. The molecule has 2 rings (SSSR count). The van der Waals surface area contributed by atoms with Gasteiger partial charge in [-0.2, -0.15) is 0 Å². The summed E-state index contributed by atoms with van der Waals surface area (Å²) in [4.78, 5) is 24.2. The van der Waals surface area contributed by atoms with Crippen LogP contribution in [0.25, 0.3) is 0 Å². The van der Waals surface area contributed by atoms with E-state index in [1.165, 1.54) is 11.3 Å². The average Bonchev–Trinajstić information content (AvgIpc) is 2.86. The highest BCUT2D eigenvalue weighted by molar-refractivity contribution is 14.1. The summed E-state index contributed by atoms with van der Waals surface area (Å²) in [5.74, 6) is -0.162. The van der Waals surface area contributed by atoms with Gasteiger partial charge in [-0.05, 0) is 11.4 Å². The Morgan fingerprint density at radius 2 is 1.89 bits per heavy atom. The van der Waals surface area contributed by atoms with Crippen LogP contribution in [-0.2, 0) is 4.79 Å². The fourth-order valence-corrected chi connectivity index (χ4v) is 2.49. The Hall–Kier alpha value is -1.21. The smallest absolute Gasteiger partial charge is 0.234 e. The summed E-state index contributed by atoms with van der Waals surface area (Å²) in [5.41, 5.74) is 1.22. The first kappa shape index (κ1) is 13.2. The zero-order chi connectivity index (χ0) is 13.0. The van der Waals surface area contributed by atoms with Crippen molar-refractivity contribution in [3.8, 4) is 0 Å². The summed E-state index contributed by atoms with van der Waals surface area (Å²) in [6, 6.07) is 10.8. The third-order valence-corrected chi connectivity index (χ3v) is 3.91. The molecule has 1 aromatic heterocycles. The number of halogens is 1. The molecule has 0 aliphatic carbocycles. The topological polar surface area (TPSA) is 46.2 Å². The van der Waals surface area contributed by atoms with Crippen molar-refractivity contribution in [1.29, 1.82) is 0 Å². The SMILES string of the molecule is O=C(CI)Nc1ccsc1C(=O)c1ccccc1. The highest BCUT2D eigenvalue weighted by Gasteiger charge is 2.16. The van der Waals surface area contributed by atoms with Crippen LogP contribution in [0.1, 0.15) is 15.2 Å². The molecule has 1 aromatic carbocycles. The van der Waals surface area contributed by atoms with Crippen molar-refractivity contribution >= 4 is 51.3 Å². The van der Waals surface area contributed by atoms with E-state index in [1.807, 2.05) is 40.8 Å². The van der Waals surface area contributed by atoms with Crippen LogP contribution in [0, 0.1) is 0 Å². The number of amides is 1. The number of ketones is 1. The van der Waals surface area contributed by atoms with Crippen molar-refractivity contribution in [2.45, 2.75) is 0 Å². The lowest BCUT2D eigenvalue weighted by atomic mass is 10.1. The van der Waals surface area contributed by atoms with Gasteiger partial charge in [0, 0.05) is 5.56 Å². The number of carbonyl (C=O) groups excluding carboxylic acids is 2. The second kappa shape index (κ2) is 6.10. The van der Waals surface area contributed by atoms with E-state index in [2.05, 4.69) is 5.32 Å². The fourth-order valence-electron chi connectivity index (χ4n) is 1.49. The van der Waals surface area contributed by atoms with Crippen molar-refractivity contribution < 1.29 is 9.59 Å². The highest BCUT2D eigenvalue weighted by Crippen LogP contribution is 2.25. The normalized spacial score (nSPS) is 10.1. The minimum atomic E-state index is -0.101. The molecule has 2 aromatic rings. The molecule has 1 heterocycles. The lowest BCUT2D eigenvalue weighted by molar-refractivity contribution is -0.113. The van der Waals surface area contributed by atoms with Crippen molar-refractivity contribution in [3.63, 3.8) is 0 Å². The number of anilines is 1. The maximum atomic E-state index is 12.3. The van der Waals surface area contributed by atoms with Crippen LogP contribution in [0.15, 0.2) is 41.8 Å². The van der Waals surface area contributed by atoms with E-state index in [4.69, 9.17) is 0 Å². The second-order valence-corrected chi connectivity index (χ2v) is 5.22. The second-order valence-electron chi connectivity index (χ2n) is 3.54. The summed E-state index contributed by atoms with van der Waals surface area (Å²) in [7, 11) is 0. The Kier molecular flexibility index (Phi) is 4.48. The van der Waals surface area contributed by atoms with Gasteiger partial charge < -0.3 is 5.32 Å². The number of thiophene rings is 1. The molecule has 3 nitrogen and oxygen atoms in total. The Bertz CT molecular complexity index is 565. The maximum Gasteiger partial charge on any atom is 0.234 e. The predicted octanol–water partition coefficient (Wildman–Crippen LogP) is 3.35. The number of rotatable bonds is 4. The van der Waals surface area contributed by atoms with Gasteiger partial charge in [-0.3, -0.25) is 9.59 Å². The minimum absolute atomic E-state index is 0.0608. The molecule has 0 saturated carbocycles. The summed E-state index contributed by atoms with van der Waals surface area (Å²) < 4.78 is 0.368. The molecular formula is C13H10INO2S. The molecule has 0 aliphatic heterocycles. The summed E-state index contributed by atoms with van der Waals surface area (Å²) in [6.07, 6.45) is 0. The van der Waals surface area contributed by atoms with Gasteiger partial charge >= 0.3 is 0 Å². The van der Waals surface area contributed by atoms with Crippen molar-refractivity contribution in [2.24, 2.45) is 0 Å². The maximum absolute atomic E-state index is 12.3. The summed E-state index contributed by atoms with van der Waals surface area (Å²) >= 11 is 3.32. The Labute approximate surface area is 122 Å². The molecule has 92 valence electrons. The van der Waals surface area contributed by atoms with E-state index in [1.54, 1.807) is 23.6 Å². The largest absolute Gasteiger partial charge is 0.324 e. The van der Waals surface area contributed by atoms with Gasteiger partial charge in [-0.15, -0.1) is 11.3 Å². The van der Waals surface area contributed by atoms with E-state index in [-0.39, 0.29) is 11.7 Å². The van der Waals surface area contributed by atoms with Crippen LogP contribution in [0.3, 0.4) is 0 Å². The van der Waals surface area contributed by atoms with Crippen LogP contribution in [0.4, 0.5) is 5.69 Å². The van der Waals surface area contributed by atoms with Gasteiger partial charge in [0.2, 0.25) is 11.7 Å². The Balaban J connectivity index is 2.27.